The van der Waals surface area contributed by atoms with Gasteiger partial charge in [0.1, 0.15) is 0 Å². The van der Waals surface area contributed by atoms with E-state index in [1.54, 1.807) is 7.05 Å². The van der Waals surface area contributed by atoms with Crippen LogP contribution in [0.15, 0.2) is 54.6 Å². The Morgan fingerprint density at radius 2 is 1.67 bits per heavy atom. The highest BCUT2D eigenvalue weighted by atomic mass is 16.4. The van der Waals surface area contributed by atoms with Gasteiger partial charge in [-0.05, 0) is 16.7 Å². The minimum atomic E-state index is -0.919. The van der Waals surface area contributed by atoms with Crippen LogP contribution in [0.25, 0.3) is 11.1 Å². The van der Waals surface area contributed by atoms with Gasteiger partial charge in [0.15, 0.2) is 0 Å². The Balaban J connectivity index is 2.35. The molecule has 2 rings (SSSR count). The summed E-state index contributed by atoms with van der Waals surface area (Å²) in [4.78, 5) is 12.2. The lowest BCUT2D eigenvalue weighted by atomic mass is 9.99. The second kappa shape index (κ2) is 5.36. The quantitative estimate of drug-likeness (QED) is 0.893. The first-order valence-corrected chi connectivity index (χ1v) is 5.76. The molecule has 0 fully saturated rings. The number of nitrogens with zero attached hydrogens (tertiary/aromatic N) is 1. The molecule has 0 aliphatic carbocycles. The van der Waals surface area contributed by atoms with Gasteiger partial charge in [0, 0.05) is 13.6 Å². The van der Waals surface area contributed by atoms with Gasteiger partial charge < -0.3 is 10.0 Å². The van der Waals surface area contributed by atoms with Crippen molar-refractivity contribution in [1.82, 2.24) is 4.90 Å². The Morgan fingerprint density at radius 1 is 1.06 bits per heavy atom. The molecular formula is C15H15NO2. The molecule has 0 atom stereocenters. The van der Waals surface area contributed by atoms with Crippen molar-refractivity contribution < 1.29 is 9.90 Å². The van der Waals surface area contributed by atoms with Gasteiger partial charge >= 0.3 is 6.09 Å². The molecule has 0 saturated carbocycles. The second-order valence-electron chi connectivity index (χ2n) is 4.16. The normalized spacial score (nSPS) is 10.1. The van der Waals surface area contributed by atoms with Crippen LogP contribution in [-0.4, -0.2) is 23.1 Å². The topological polar surface area (TPSA) is 40.5 Å². The van der Waals surface area contributed by atoms with Crippen LogP contribution in [0.3, 0.4) is 0 Å². The van der Waals surface area contributed by atoms with Crippen LogP contribution in [0, 0.1) is 0 Å². The van der Waals surface area contributed by atoms with E-state index < -0.39 is 6.09 Å². The van der Waals surface area contributed by atoms with Gasteiger partial charge in [-0.15, -0.1) is 0 Å². The smallest absolute Gasteiger partial charge is 0.407 e. The lowest BCUT2D eigenvalue weighted by Gasteiger charge is -2.16. The van der Waals surface area contributed by atoms with Crippen LogP contribution >= 0.6 is 0 Å². The number of amides is 1. The zero-order valence-corrected chi connectivity index (χ0v) is 10.2. The number of benzene rings is 2. The first-order valence-electron chi connectivity index (χ1n) is 5.76. The first kappa shape index (κ1) is 12.2. The second-order valence-corrected chi connectivity index (χ2v) is 4.16. The highest BCUT2D eigenvalue weighted by molar-refractivity contribution is 5.69. The van der Waals surface area contributed by atoms with Crippen molar-refractivity contribution in [1.29, 1.82) is 0 Å². The van der Waals surface area contributed by atoms with E-state index in [0.29, 0.717) is 6.54 Å². The Labute approximate surface area is 106 Å². The van der Waals surface area contributed by atoms with Crippen molar-refractivity contribution in [3.63, 3.8) is 0 Å². The fraction of sp³-hybridized carbons (Fsp3) is 0.133. The predicted molar refractivity (Wildman–Crippen MR) is 71.4 cm³/mol. The maximum Gasteiger partial charge on any atom is 0.407 e. The van der Waals surface area contributed by atoms with Gasteiger partial charge in [0.25, 0.3) is 0 Å². The van der Waals surface area contributed by atoms with Crippen molar-refractivity contribution in [3.8, 4) is 11.1 Å². The standard InChI is InChI=1S/C15H15NO2/c1-16(15(17)18)11-13-9-5-6-10-14(13)12-7-3-2-4-8-12/h2-10H,11H2,1H3,(H,17,18). The summed E-state index contributed by atoms with van der Waals surface area (Å²) in [6.07, 6.45) is -0.919. The Bertz CT molecular complexity index is 537. The molecule has 0 spiro atoms. The third-order valence-corrected chi connectivity index (χ3v) is 2.84. The van der Waals surface area contributed by atoms with E-state index in [0.717, 1.165) is 16.7 Å². The van der Waals surface area contributed by atoms with Crippen LogP contribution in [0.1, 0.15) is 5.56 Å². The van der Waals surface area contributed by atoms with Crippen molar-refractivity contribution in [2.24, 2.45) is 0 Å². The molecule has 0 aliphatic rings. The molecule has 1 amide bonds. The minimum absolute atomic E-state index is 0.389. The van der Waals surface area contributed by atoms with Crippen LogP contribution in [0.2, 0.25) is 0 Å². The fourth-order valence-electron chi connectivity index (χ4n) is 1.88. The number of hydrogen-bond acceptors (Lipinski definition) is 1. The highest BCUT2D eigenvalue weighted by Crippen LogP contribution is 2.24. The molecular weight excluding hydrogens is 226 g/mol. The molecule has 0 radical (unpaired) electrons. The molecule has 92 valence electrons. The molecule has 0 heterocycles. The lowest BCUT2D eigenvalue weighted by Crippen LogP contribution is -2.24. The molecule has 0 aliphatic heterocycles. The highest BCUT2D eigenvalue weighted by Gasteiger charge is 2.10. The maximum absolute atomic E-state index is 10.9. The molecule has 0 bridgehead atoms. The molecule has 1 N–H and O–H groups in total. The van der Waals surface area contributed by atoms with Crippen LogP contribution < -0.4 is 0 Å². The zero-order chi connectivity index (χ0) is 13.0. The van der Waals surface area contributed by atoms with Gasteiger partial charge in [0.2, 0.25) is 0 Å². The van der Waals surface area contributed by atoms with Crippen molar-refractivity contribution in [2.45, 2.75) is 6.54 Å². The fourth-order valence-corrected chi connectivity index (χ4v) is 1.88. The van der Waals surface area contributed by atoms with E-state index >= 15 is 0 Å². The molecule has 3 heteroatoms. The summed E-state index contributed by atoms with van der Waals surface area (Å²) in [7, 11) is 1.57. The van der Waals surface area contributed by atoms with Gasteiger partial charge in [-0.3, -0.25) is 0 Å². The molecule has 2 aromatic carbocycles. The van der Waals surface area contributed by atoms with Gasteiger partial charge in [-0.2, -0.15) is 0 Å². The maximum atomic E-state index is 10.9. The molecule has 0 saturated heterocycles. The lowest BCUT2D eigenvalue weighted by molar-refractivity contribution is 0.154. The van der Waals surface area contributed by atoms with E-state index in [1.165, 1.54) is 4.90 Å². The van der Waals surface area contributed by atoms with E-state index in [1.807, 2.05) is 54.6 Å². The van der Waals surface area contributed by atoms with Crippen LogP contribution in [-0.2, 0) is 6.54 Å². The number of rotatable bonds is 3. The third-order valence-electron chi connectivity index (χ3n) is 2.84. The monoisotopic (exact) mass is 241 g/mol. The summed E-state index contributed by atoms with van der Waals surface area (Å²) in [5.74, 6) is 0. The molecule has 3 nitrogen and oxygen atoms in total. The summed E-state index contributed by atoms with van der Waals surface area (Å²) in [6, 6.07) is 17.8. The summed E-state index contributed by atoms with van der Waals surface area (Å²) in [5.41, 5.74) is 3.19. The van der Waals surface area contributed by atoms with Gasteiger partial charge in [-0.1, -0.05) is 54.6 Å². The van der Waals surface area contributed by atoms with Gasteiger partial charge in [-0.25, -0.2) is 4.79 Å². The molecule has 2 aromatic rings. The van der Waals surface area contributed by atoms with Crippen molar-refractivity contribution in [3.05, 3.63) is 60.2 Å². The SMILES string of the molecule is CN(Cc1ccccc1-c1ccccc1)C(=O)O. The minimum Gasteiger partial charge on any atom is -0.465 e. The third kappa shape index (κ3) is 2.69. The van der Waals surface area contributed by atoms with Crippen LogP contribution in [0.4, 0.5) is 4.79 Å². The van der Waals surface area contributed by atoms with E-state index in [2.05, 4.69) is 0 Å². The van der Waals surface area contributed by atoms with E-state index in [9.17, 15) is 4.79 Å². The Morgan fingerprint density at radius 3 is 2.33 bits per heavy atom. The van der Waals surface area contributed by atoms with Crippen LogP contribution in [0.5, 0.6) is 0 Å². The molecule has 18 heavy (non-hydrogen) atoms. The molecule has 0 unspecified atom stereocenters. The summed E-state index contributed by atoms with van der Waals surface area (Å²) in [6.45, 7) is 0.389. The number of hydrogen-bond donors (Lipinski definition) is 1. The largest absolute Gasteiger partial charge is 0.465 e. The zero-order valence-electron chi connectivity index (χ0n) is 10.2. The average molecular weight is 241 g/mol. The Kier molecular flexibility index (Phi) is 3.63. The Hall–Kier alpha value is -2.29. The van der Waals surface area contributed by atoms with Gasteiger partial charge in [0.05, 0.1) is 0 Å². The van der Waals surface area contributed by atoms with Crippen molar-refractivity contribution in [2.75, 3.05) is 7.05 Å². The summed E-state index contributed by atoms with van der Waals surface area (Å²) in [5, 5.41) is 8.93. The van der Waals surface area contributed by atoms with E-state index in [-0.39, 0.29) is 0 Å². The molecule has 0 aromatic heterocycles. The number of carboxylic acid groups (broad SMARTS) is 1. The summed E-state index contributed by atoms with van der Waals surface area (Å²) >= 11 is 0. The average Bonchev–Trinajstić information content (AvgIpc) is 2.40. The summed E-state index contributed by atoms with van der Waals surface area (Å²) < 4.78 is 0. The first-order chi connectivity index (χ1) is 8.68. The number of carbonyl (C=O) groups is 1. The van der Waals surface area contributed by atoms with Crippen molar-refractivity contribution >= 4 is 6.09 Å². The predicted octanol–water partition coefficient (Wildman–Crippen LogP) is 3.46. The van der Waals surface area contributed by atoms with E-state index in [4.69, 9.17) is 5.11 Å².